The number of carbonyl (C=O) groups excluding carboxylic acids is 1. The third-order valence-corrected chi connectivity index (χ3v) is 5.03. The molecule has 1 aromatic heterocycles. The molecule has 1 fully saturated rings. The predicted octanol–water partition coefficient (Wildman–Crippen LogP) is 4.74. The number of ether oxygens (including phenoxy) is 1. The van der Waals surface area contributed by atoms with Crippen LogP contribution in [0.15, 0.2) is 42.6 Å². The Kier molecular flexibility index (Phi) is 4.59. The van der Waals surface area contributed by atoms with E-state index in [0.717, 1.165) is 17.7 Å². The molecule has 0 aliphatic carbocycles. The lowest BCUT2D eigenvalue weighted by molar-refractivity contribution is -0.140. The summed E-state index contributed by atoms with van der Waals surface area (Å²) in [6.45, 7) is 3.04. The standard InChI is InChI=1S/C20H16ClF3N2O2/c1-11-4-14(7-15(5-11)28-19(27)12-8-25-9-12)26-10-17(21)16-6-13(20(22,23)24)2-3-18(16)26/h2-7,10,12,25H,8-9H2,1H3. The Bertz CT molecular complexity index is 1070. The van der Waals surface area contributed by atoms with Crippen molar-refractivity contribution in [3.63, 3.8) is 0 Å². The molecule has 3 aromatic rings. The largest absolute Gasteiger partial charge is 0.426 e. The Labute approximate surface area is 163 Å². The third-order valence-electron chi connectivity index (χ3n) is 4.73. The van der Waals surface area contributed by atoms with E-state index in [1.807, 2.05) is 13.0 Å². The van der Waals surface area contributed by atoms with E-state index >= 15 is 0 Å². The number of fused-ring (bicyclic) bond motifs is 1. The monoisotopic (exact) mass is 408 g/mol. The molecule has 4 nitrogen and oxygen atoms in total. The predicted molar refractivity (Wildman–Crippen MR) is 100 cm³/mol. The van der Waals surface area contributed by atoms with Gasteiger partial charge in [0.2, 0.25) is 0 Å². The molecule has 0 spiro atoms. The van der Waals surface area contributed by atoms with Gasteiger partial charge in [-0.3, -0.25) is 4.79 Å². The highest BCUT2D eigenvalue weighted by Gasteiger charge is 2.31. The minimum atomic E-state index is -4.44. The van der Waals surface area contributed by atoms with Crippen molar-refractivity contribution in [2.24, 2.45) is 5.92 Å². The first-order valence-electron chi connectivity index (χ1n) is 8.64. The van der Waals surface area contributed by atoms with Crippen molar-refractivity contribution in [1.82, 2.24) is 9.88 Å². The number of alkyl halides is 3. The third kappa shape index (κ3) is 3.47. The fraction of sp³-hybridized carbons (Fsp3) is 0.250. The summed E-state index contributed by atoms with van der Waals surface area (Å²) in [4.78, 5) is 12.1. The smallest absolute Gasteiger partial charge is 0.416 e. The minimum absolute atomic E-state index is 0.161. The second-order valence-corrected chi connectivity index (χ2v) is 7.26. The lowest BCUT2D eigenvalue weighted by atomic mass is 10.0. The van der Waals surface area contributed by atoms with Gasteiger partial charge in [0.15, 0.2) is 0 Å². The number of rotatable bonds is 3. The molecule has 0 unspecified atom stereocenters. The van der Waals surface area contributed by atoms with E-state index in [1.54, 1.807) is 22.9 Å². The van der Waals surface area contributed by atoms with E-state index in [9.17, 15) is 18.0 Å². The maximum atomic E-state index is 13.0. The van der Waals surface area contributed by atoms with Gasteiger partial charge in [0.1, 0.15) is 5.75 Å². The van der Waals surface area contributed by atoms with Crippen molar-refractivity contribution < 1.29 is 22.7 Å². The van der Waals surface area contributed by atoms with Crippen molar-refractivity contribution in [3.05, 3.63) is 58.7 Å². The quantitative estimate of drug-likeness (QED) is 0.503. The number of hydrogen-bond donors (Lipinski definition) is 1. The molecule has 0 saturated carbocycles. The van der Waals surface area contributed by atoms with Crippen molar-refractivity contribution >= 4 is 28.5 Å². The molecule has 2 heterocycles. The molecule has 8 heteroatoms. The number of nitrogens with one attached hydrogen (secondary N) is 1. The van der Waals surface area contributed by atoms with Crippen LogP contribution in [0, 0.1) is 12.8 Å². The molecular weight excluding hydrogens is 393 g/mol. The molecule has 1 N–H and O–H groups in total. The Morgan fingerprint density at radius 3 is 2.61 bits per heavy atom. The number of halogens is 4. The number of carbonyl (C=O) groups is 1. The average molecular weight is 409 g/mol. The normalized spacial score (nSPS) is 14.9. The summed E-state index contributed by atoms with van der Waals surface area (Å²) in [5.74, 6) is -0.0797. The highest BCUT2D eigenvalue weighted by Crippen LogP contribution is 2.36. The van der Waals surface area contributed by atoms with Gasteiger partial charge < -0.3 is 14.6 Å². The molecule has 146 valence electrons. The van der Waals surface area contributed by atoms with Crippen LogP contribution in [0.3, 0.4) is 0 Å². The van der Waals surface area contributed by atoms with Crippen LogP contribution in [-0.2, 0) is 11.0 Å². The maximum Gasteiger partial charge on any atom is 0.416 e. The summed E-state index contributed by atoms with van der Waals surface area (Å²) in [7, 11) is 0. The molecular formula is C20H16ClF3N2O2. The van der Waals surface area contributed by atoms with Crippen LogP contribution in [-0.4, -0.2) is 23.6 Å². The van der Waals surface area contributed by atoms with Crippen molar-refractivity contribution in [2.45, 2.75) is 13.1 Å². The second-order valence-electron chi connectivity index (χ2n) is 6.86. The van der Waals surface area contributed by atoms with Gasteiger partial charge in [0.05, 0.1) is 22.0 Å². The highest BCUT2D eigenvalue weighted by atomic mass is 35.5. The van der Waals surface area contributed by atoms with Gasteiger partial charge in [-0.1, -0.05) is 11.6 Å². The van der Waals surface area contributed by atoms with Crippen molar-refractivity contribution in [1.29, 1.82) is 0 Å². The zero-order valence-corrected chi connectivity index (χ0v) is 15.6. The molecule has 0 atom stereocenters. The van der Waals surface area contributed by atoms with E-state index in [0.29, 0.717) is 35.4 Å². The molecule has 28 heavy (non-hydrogen) atoms. The summed E-state index contributed by atoms with van der Waals surface area (Å²) >= 11 is 6.20. The highest BCUT2D eigenvalue weighted by molar-refractivity contribution is 6.35. The minimum Gasteiger partial charge on any atom is -0.426 e. The number of benzene rings is 2. The van der Waals surface area contributed by atoms with Gasteiger partial charge in [-0.15, -0.1) is 0 Å². The lowest BCUT2D eigenvalue weighted by Crippen LogP contribution is -2.48. The first-order chi connectivity index (χ1) is 13.2. The van der Waals surface area contributed by atoms with Crippen LogP contribution < -0.4 is 10.1 Å². The Hall–Kier alpha value is -2.51. The molecule has 4 rings (SSSR count). The number of aryl methyl sites for hydroxylation is 1. The summed E-state index contributed by atoms with van der Waals surface area (Å²) < 4.78 is 46.2. The lowest BCUT2D eigenvalue weighted by Gasteiger charge is -2.24. The zero-order valence-electron chi connectivity index (χ0n) is 14.8. The topological polar surface area (TPSA) is 43.3 Å². The van der Waals surface area contributed by atoms with Gasteiger partial charge in [-0.25, -0.2) is 0 Å². The number of hydrogen-bond acceptors (Lipinski definition) is 3. The van der Waals surface area contributed by atoms with Crippen molar-refractivity contribution in [3.8, 4) is 11.4 Å². The van der Waals surface area contributed by atoms with E-state index in [1.165, 1.54) is 6.07 Å². The van der Waals surface area contributed by atoms with E-state index in [-0.39, 0.29) is 16.9 Å². The summed E-state index contributed by atoms with van der Waals surface area (Å²) in [5, 5.41) is 3.53. The van der Waals surface area contributed by atoms with Crippen LogP contribution in [0.2, 0.25) is 5.02 Å². The summed E-state index contributed by atoms with van der Waals surface area (Å²) in [6.07, 6.45) is -2.89. The first kappa shape index (κ1) is 18.8. The van der Waals surface area contributed by atoms with Gasteiger partial charge >= 0.3 is 12.1 Å². The molecule has 0 radical (unpaired) electrons. The van der Waals surface area contributed by atoms with Gasteiger partial charge in [0, 0.05) is 36.4 Å². The molecule has 0 bridgehead atoms. The van der Waals surface area contributed by atoms with E-state index < -0.39 is 11.7 Å². The fourth-order valence-corrected chi connectivity index (χ4v) is 3.41. The Balaban J connectivity index is 1.74. The fourth-order valence-electron chi connectivity index (χ4n) is 3.16. The molecule has 2 aromatic carbocycles. The van der Waals surface area contributed by atoms with Crippen LogP contribution in [0.4, 0.5) is 13.2 Å². The second kappa shape index (κ2) is 6.83. The van der Waals surface area contributed by atoms with Gasteiger partial charge in [-0.2, -0.15) is 13.2 Å². The van der Waals surface area contributed by atoms with Crippen LogP contribution >= 0.6 is 11.6 Å². The molecule has 1 aliphatic heterocycles. The molecule has 0 amide bonds. The Morgan fingerprint density at radius 2 is 1.96 bits per heavy atom. The number of aromatic nitrogens is 1. The van der Waals surface area contributed by atoms with E-state index in [4.69, 9.17) is 16.3 Å². The SMILES string of the molecule is Cc1cc(OC(=O)C2CNC2)cc(-n2cc(Cl)c3cc(C(F)(F)F)ccc32)c1. The zero-order chi connectivity index (χ0) is 20.1. The van der Waals surface area contributed by atoms with Crippen LogP contribution in [0.5, 0.6) is 5.75 Å². The average Bonchev–Trinajstić information content (AvgIpc) is 2.88. The van der Waals surface area contributed by atoms with Gasteiger partial charge in [0.25, 0.3) is 0 Å². The first-order valence-corrected chi connectivity index (χ1v) is 9.02. The summed E-state index contributed by atoms with van der Waals surface area (Å²) in [6, 6.07) is 8.70. The number of nitrogens with zero attached hydrogens (tertiary/aromatic N) is 1. The van der Waals surface area contributed by atoms with Crippen LogP contribution in [0.1, 0.15) is 11.1 Å². The van der Waals surface area contributed by atoms with Crippen molar-refractivity contribution in [2.75, 3.05) is 13.1 Å². The molecule has 1 saturated heterocycles. The Morgan fingerprint density at radius 1 is 1.21 bits per heavy atom. The van der Waals surface area contributed by atoms with Gasteiger partial charge in [-0.05, 0) is 42.8 Å². The molecule has 1 aliphatic rings. The maximum absolute atomic E-state index is 13.0. The van der Waals surface area contributed by atoms with E-state index in [2.05, 4.69) is 5.32 Å². The van der Waals surface area contributed by atoms with Crippen LogP contribution in [0.25, 0.3) is 16.6 Å². The number of esters is 1. The summed E-state index contributed by atoms with van der Waals surface area (Å²) in [5.41, 5.74) is 1.26.